The molecule has 1 amide bonds. The monoisotopic (exact) mass is 438 g/mol. The lowest BCUT2D eigenvalue weighted by Gasteiger charge is -2.26. The number of methoxy groups -OCH3 is 1. The molecule has 0 saturated carbocycles. The molecule has 162 valence electrons. The first-order valence-electron chi connectivity index (χ1n) is 9.73. The minimum atomic E-state index is -3.68. The van der Waals surface area contributed by atoms with Crippen LogP contribution in [-0.2, 0) is 21.2 Å². The van der Waals surface area contributed by atoms with Gasteiger partial charge in [0.2, 0.25) is 15.9 Å². The van der Waals surface area contributed by atoms with Gasteiger partial charge in [-0.25, -0.2) is 17.2 Å². The van der Waals surface area contributed by atoms with Gasteiger partial charge in [0.15, 0.2) is 0 Å². The average molecular weight is 438 g/mol. The molecule has 2 aromatic rings. The van der Waals surface area contributed by atoms with E-state index in [1.54, 1.807) is 0 Å². The number of sulfonamides is 1. The summed E-state index contributed by atoms with van der Waals surface area (Å²) in [5.41, 5.74) is 0.304. The Bertz CT molecular complexity index is 1020. The molecule has 1 aliphatic rings. The second-order valence-electron chi connectivity index (χ2n) is 7.11. The van der Waals surface area contributed by atoms with Gasteiger partial charge in [0.05, 0.1) is 17.7 Å². The van der Waals surface area contributed by atoms with E-state index in [4.69, 9.17) is 4.74 Å². The van der Waals surface area contributed by atoms with Crippen molar-refractivity contribution >= 4 is 21.6 Å². The number of halogens is 2. The molecule has 1 N–H and O–H groups in total. The van der Waals surface area contributed by atoms with Crippen LogP contribution >= 0.6 is 0 Å². The molecule has 6 nitrogen and oxygen atoms in total. The lowest BCUT2D eigenvalue weighted by molar-refractivity contribution is -0.116. The van der Waals surface area contributed by atoms with E-state index < -0.39 is 27.6 Å². The number of hydrogen-bond donors (Lipinski definition) is 1. The number of carbonyl (C=O) groups is 1. The number of nitrogens with one attached hydrogen (secondary N) is 1. The summed E-state index contributed by atoms with van der Waals surface area (Å²) in [7, 11) is -2.27. The topological polar surface area (TPSA) is 75.7 Å². The molecular formula is C21H24F2N2O4S. The fourth-order valence-electron chi connectivity index (χ4n) is 3.40. The van der Waals surface area contributed by atoms with Crippen molar-refractivity contribution in [1.82, 2.24) is 4.31 Å². The molecule has 0 aromatic heterocycles. The van der Waals surface area contributed by atoms with E-state index in [1.807, 2.05) is 0 Å². The van der Waals surface area contributed by atoms with Crippen LogP contribution < -0.4 is 10.1 Å². The third kappa shape index (κ3) is 5.14. The third-order valence-electron chi connectivity index (χ3n) is 5.03. The van der Waals surface area contributed by atoms with Crippen molar-refractivity contribution in [1.29, 1.82) is 0 Å². The van der Waals surface area contributed by atoms with Gasteiger partial charge in [0.1, 0.15) is 17.4 Å². The van der Waals surface area contributed by atoms with E-state index in [9.17, 15) is 22.0 Å². The van der Waals surface area contributed by atoms with Gasteiger partial charge in [-0.3, -0.25) is 4.79 Å². The highest BCUT2D eigenvalue weighted by molar-refractivity contribution is 7.89. The van der Waals surface area contributed by atoms with Gasteiger partial charge >= 0.3 is 0 Å². The van der Waals surface area contributed by atoms with Gasteiger partial charge in [-0.2, -0.15) is 4.31 Å². The minimum Gasteiger partial charge on any atom is -0.495 e. The summed E-state index contributed by atoms with van der Waals surface area (Å²) in [5, 5.41) is 2.62. The fraction of sp³-hybridized carbons (Fsp3) is 0.381. The van der Waals surface area contributed by atoms with E-state index in [-0.39, 0.29) is 29.0 Å². The van der Waals surface area contributed by atoms with Crippen LogP contribution in [0.5, 0.6) is 5.75 Å². The quantitative estimate of drug-likeness (QED) is 0.715. The van der Waals surface area contributed by atoms with Gasteiger partial charge in [0.25, 0.3) is 0 Å². The molecule has 1 aliphatic heterocycles. The van der Waals surface area contributed by atoms with Crippen LogP contribution in [0.1, 0.15) is 31.2 Å². The molecule has 3 rings (SSSR count). The molecule has 0 radical (unpaired) electrons. The number of amides is 1. The standard InChI is InChI=1S/C21H24F2N2O4S/c1-29-20-9-7-17(30(27,28)25-11-3-2-4-12-25)14-19(20)24-21(26)10-5-15-13-16(22)6-8-18(15)23/h6-9,13-14H,2-5,10-12H2,1H3,(H,24,26). The van der Waals surface area contributed by atoms with Crippen molar-refractivity contribution in [3.05, 3.63) is 53.6 Å². The molecule has 0 atom stereocenters. The van der Waals surface area contributed by atoms with E-state index in [2.05, 4.69) is 5.32 Å². The van der Waals surface area contributed by atoms with Crippen LogP contribution in [0.3, 0.4) is 0 Å². The predicted molar refractivity (Wildman–Crippen MR) is 109 cm³/mol. The number of benzene rings is 2. The maximum absolute atomic E-state index is 13.7. The minimum absolute atomic E-state index is 0.00348. The molecule has 1 heterocycles. The van der Waals surface area contributed by atoms with Crippen LogP contribution in [0, 0.1) is 11.6 Å². The Morgan fingerprint density at radius 3 is 2.53 bits per heavy atom. The summed E-state index contributed by atoms with van der Waals surface area (Å²) in [5.74, 6) is -1.33. The van der Waals surface area contributed by atoms with Crippen molar-refractivity contribution < 1.29 is 26.7 Å². The van der Waals surface area contributed by atoms with Gasteiger partial charge in [-0.15, -0.1) is 0 Å². The van der Waals surface area contributed by atoms with Crippen molar-refractivity contribution in [3.63, 3.8) is 0 Å². The number of rotatable bonds is 7. The zero-order valence-electron chi connectivity index (χ0n) is 16.7. The molecule has 2 aromatic carbocycles. The van der Waals surface area contributed by atoms with Crippen molar-refractivity contribution in [2.45, 2.75) is 37.0 Å². The maximum atomic E-state index is 13.7. The Morgan fingerprint density at radius 1 is 1.10 bits per heavy atom. The second kappa shape index (κ2) is 9.53. The van der Waals surface area contributed by atoms with Crippen molar-refractivity contribution in [3.8, 4) is 5.75 Å². The van der Waals surface area contributed by atoms with E-state index in [1.165, 1.54) is 29.6 Å². The molecule has 1 fully saturated rings. The Morgan fingerprint density at radius 2 is 1.83 bits per heavy atom. The first kappa shape index (κ1) is 22.2. The highest BCUT2D eigenvalue weighted by Gasteiger charge is 2.27. The number of ether oxygens (including phenoxy) is 1. The number of carbonyl (C=O) groups excluding carboxylic acids is 1. The van der Waals surface area contributed by atoms with Crippen molar-refractivity contribution in [2.75, 3.05) is 25.5 Å². The Balaban J connectivity index is 1.75. The first-order chi connectivity index (χ1) is 14.3. The molecule has 0 aliphatic carbocycles. The highest BCUT2D eigenvalue weighted by atomic mass is 32.2. The molecule has 0 unspecified atom stereocenters. The lowest BCUT2D eigenvalue weighted by Crippen LogP contribution is -2.35. The Kier molecular flexibility index (Phi) is 7.04. The molecule has 0 bridgehead atoms. The summed E-state index contributed by atoms with van der Waals surface area (Å²) in [6, 6.07) is 7.37. The number of hydrogen-bond acceptors (Lipinski definition) is 4. The van der Waals surface area contributed by atoms with Crippen LogP contribution in [0.4, 0.5) is 14.5 Å². The zero-order valence-corrected chi connectivity index (χ0v) is 17.5. The molecule has 1 saturated heterocycles. The van der Waals surface area contributed by atoms with Gasteiger partial charge < -0.3 is 10.1 Å². The average Bonchev–Trinajstić information content (AvgIpc) is 2.75. The van der Waals surface area contributed by atoms with Gasteiger partial charge in [-0.05, 0) is 61.2 Å². The molecular weight excluding hydrogens is 414 g/mol. The summed E-state index contributed by atoms with van der Waals surface area (Å²) >= 11 is 0. The Hall–Kier alpha value is -2.52. The molecule has 0 spiro atoms. The molecule has 30 heavy (non-hydrogen) atoms. The summed E-state index contributed by atoms with van der Waals surface area (Å²) in [6.07, 6.45) is 2.53. The van der Waals surface area contributed by atoms with Crippen molar-refractivity contribution in [2.24, 2.45) is 0 Å². The molecule has 9 heteroatoms. The van der Waals surface area contributed by atoms with Gasteiger partial charge in [0, 0.05) is 19.5 Å². The van der Waals surface area contributed by atoms with E-state index >= 15 is 0 Å². The highest BCUT2D eigenvalue weighted by Crippen LogP contribution is 2.30. The summed E-state index contributed by atoms with van der Waals surface area (Å²) in [4.78, 5) is 12.4. The van der Waals surface area contributed by atoms with Crippen LogP contribution in [0.25, 0.3) is 0 Å². The first-order valence-corrected chi connectivity index (χ1v) is 11.2. The largest absolute Gasteiger partial charge is 0.495 e. The number of aryl methyl sites for hydroxylation is 1. The summed E-state index contributed by atoms with van der Waals surface area (Å²) < 4.78 is 59.5. The number of nitrogens with zero attached hydrogens (tertiary/aromatic N) is 1. The van der Waals surface area contributed by atoms with Crippen LogP contribution in [-0.4, -0.2) is 38.8 Å². The van der Waals surface area contributed by atoms with Gasteiger partial charge in [-0.1, -0.05) is 6.42 Å². The zero-order chi connectivity index (χ0) is 21.7. The smallest absolute Gasteiger partial charge is 0.243 e. The van der Waals surface area contributed by atoms with E-state index in [0.717, 1.165) is 37.5 Å². The Labute approximate surface area is 174 Å². The third-order valence-corrected chi connectivity index (χ3v) is 6.92. The fourth-order valence-corrected chi connectivity index (χ4v) is 4.94. The predicted octanol–water partition coefficient (Wildman–Crippen LogP) is 3.72. The number of piperidine rings is 1. The van der Waals surface area contributed by atoms with Crippen LogP contribution in [0.15, 0.2) is 41.3 Å². The normalized spacial score (nSPS) is 15.0. The van der Waals surface area contributed by atoms with E-state index in [0.29, 0.717) is 18.8 Å². The second-order valence-corrected chi connectivity index (χ2v) is 9.05. The maximum Gasteiger partial charge on any atom is 0.243 e. The van der Waals surface area contributed by atoms with Crippen LogP contribution in [0.2, 0.25) is 0 Å². The lowest BCUT2D eigenvalue weighted by atomic mass is 10.1. The SMILES string of the molecule is COc1ccc(S(=O)(=O)N2CCCCC2)cc1NC(=O)CCc1cc(F)ccc1F. The number of anilines is 1. The summed E-state index contributed by atoms with van der Waals surface area (Å²) in [6.45, 7) is 0.935.